The molecule has 1 heterocycles. The minimum Gasteiger partial charge on any atom is -0.327 e. The summed E-state index contributed by atoms with van der Waals surface area (Å²) in [5, 5.41) is 4.40. The van der Waals surface area contributed by atoms with E-state index in [1.165, 1.54) is 24.8 Å². The van der Waals surface area contributed by atoms with E-state index in [1.54, 1.807) is 11.3 Å². The molecule has 0 amide bonds. The molecule has 1 aromatic heterocycles. The lowest BCUT2D eigenvalue weighted by atomic mass is 9.76. The van der Waals surface area contributed by atoms with Gasteiger partial charge in [-0.15, -0.1) is 0 Å². The van der Waals surface area contributed by atoms with Crippen LogP contribution in [0.1, 0.15) is 45.1 Å². The molecule has 0 aromatic carbocycles. The van der Waals surface area contributed by atoms with Crippen LogP contribution in [-0.2, 0) is 6.42 Å². The maximum absolute atomic E-state index is 6.37. The van der Waals surface area contributed by atoms with E-state index in [2.05, 4.69) is 30.7 Å². The van der Waals surface area contributed by atoms with Crippen LogP contribution < -0.4 is 5.73 Å². The van der Waals surface area contributed by atoms with E-state index < -0.39 is 0 Å². The molecule has 0 bridgehead atoms. The third-order valence-corrected chi connectivity index (χ3v) is 4.94. The Morgan fingerprint density at radius 3 is 2.94 bits per heavy atom. The SMILES string of the molecule is CC1(C)CCCC1C(N)CCc1ccsc1. The lowest BCUT2D eigenvalue weighted by molar-refractivity contribution is 0.214. The van der Waals surface area contributed by atoms with Gasteiger partial charge in [0, 0.05) is 6.04 Å². The van der Waals surface area contributed by atoms with Crippen molar-refractivity contribution in [3.05, 3.63) is 22.4 Å². The molecule has 2 atom stereocenters. The van der Waals surface area contributed by atoms with Gasteiger partial charge in [0.2, 0.25) is 0 Å². The zero-order valence-corrected chi connectivity index (χ0v) is 11.2. The number of nitrogens with two attached hydrogens (primary N) is 1. The van der Waals surface area contributed by atoms with Crippen molar-refractivity contribution >= 4 is 11.3 Å². The van der Waals surface area contributed by atoms with Crippen LogP contribution in [0.5, 0.6) is 0 Å². The molecule has 16 heavy (non-hydrogen) atoms. The van der Waals surface area contributed by atoms with E-state index in [1.807, 2.05) is 0 Å². The van der Waals surface area contributed by atoms with Gasteiger partial charge in [0.25, 0.3) is 0 Å². The van der Waals surface area contributed by atoms with Crippen LogP contribution in [-0.4, -0.2) is 6.04 Å². The number of hydrogen-bond donors (Lipinski definition) is 1. The van der Waals surface area contributed by atoms with Gasteiger partial charge in [-0.2, -0.15) is 11.3 Å². The molecule has 2 rings (SSSR count). The Morgan fingerprint density at radius 2 is 2.38 bits per heavy atom. The molecule has 0 saturated heterocycles. The van der Waals surface area contributed by atoms with E-state index in [-0.39, 0.29) is 0 Å². The van der Waals surface area contributed by atoms with Crippen molar-refractivity contribution in [3.63, 3.8) is 0 Å². The highest BCUT2D eigenvalue weighted by atomic mass is 32.1. The molecule has 1 saturated carbocycles. The average molecular weight is 237 g/mol. The first-order valence-electron chi connectivity index (χ1n) is 6.36. The second-order valence-corrected chi connectivity index (χ2v) is 6.60. The van der Waals surface area contributed by atoms with Gasteiger partial charge in [0.1, 0.15) is 0 Å². The summed E-state index contributed by atoms with van der Waals surface area (Å²) in [7, 11) is 0. The quantitative estimate of drug-likeness (QED) is 0.846. The molecule has 90 valence electrons. The summed E-state index contributed by atoms with van der Waals surface area (Å²) in [5.74, 6) is 0.728. The number of hydrogen-bond acceptors (Lipinski definition) is 2. The summed E-state index contributed by atoms with van der Waals surface area (Å²) in [6.45, 7) is 4.77. The highest BCUT2D eigenvalue weighted by Crippen LogP contribution is 2.44. The van der Waals surface area contributed by atoms with Gasteiger partial charge in [0.05, 0.1) is 0 Å². The number of rotatable bonds is 4. The summed E-state index contributed by atoms with van der Waals surface area (Å²) < 4.78 is 0. The molecule has 1 nitrogen and oxygen atoms in total. The monoisotopic (exact) mass is 237 g/mol. The van der Waals surface area contributed by atoms with Crippen molar-refractivity contribution in [1.82, 2.24) is 0 Å². The predicted octanol–water partition coefficient (Wildman–Crippen LogP) is 3.83. The predicted molar refractivity (Wildman–Crippen MR) is 71.7 cm³/mol. The van der Waals surface area contributed by atoms with Crippen LogP contribution in [0.3, 0.4) is 0 Å². The standard InChI is InChI=1S/C14H23NS/c1-14(2)8-3-4-12(14)13(15)6-5-11-7-9-16-10-11/h7,9-10,12-13H,3-6,8,15H2,1-2H3. The average Bonchev–Trinajstić information content (AvgIpc) is 2.83. The Kier molecular flexibility index (Phi) is 3.70. The molecule has 2 unspecified atom stereocenters. The third-order valence-electron chi connectivity index (χ3n) is 4.20. The lowest BCUT2D eigenvalue weighted by Gasteiger charge is -2.32. The smallest absolute Gasteiger partial charge is 0.00754 e. The van der Waals surface area contributed by atoms with Crippen molar-refractivity contribution in [1.29, 1.82) is 0 Å². The molecule has 1 aromatic rings. The summed E-state index contributed by atoms with van der Waals surface area (Å²) >= 11 is 1.78. The first kappa shape index (κ1) is 12.1. The Morgan fingerprint density at radius 1 is 1.56 bits per heavy atom. The van der Waals surface area contributed by atoms with Crippen LogP contribution in [0.4, 0.5) is 0 Å². The molecular weight excluding hydrogens is 214 g/mol. The molecule has 0 aliphatic heterocycles. The summed E-state index contributed by atoms with van der Waals surface area (Å²) in [6.07, 6.45) is 6.34. The Balaban J connectivity index is 1.86. The van der Waals surface area contributed by atoms with E-state index in [0.717, 1.165) is 18.8 Å². The number of thiophene rings is 1. The summed E-state index contributed by atoms with van der Waals surface area (Å²) in [4.78, 5) is 0. The van der Waals surface area contributed by atoms with E-state index in [0.29, 0.717) is 11.5 Å². The van der Waals surface area contributed by atoms with Crippen LogP contribution >= 0.6 is 11.3 Å². The normalized spacial score (nSPS) is 25.8. The topological polar surface area (TPSA) is 26.0 Å². The van der Waals surface area contributed by atoms with E-state index in [4.69, 9.17) is 5.73 Å². The van der Waals surface area contributed by atoms with Crippen molar-refractivity contribution in [2.45, 2.75) is 52.0 Å². The van der Waals surface area contributed by atoms with Gasteiger partial charge in [0.15, 0.2) is 0 Å². The molecule has 0 radical (unpaired) electrons. The minimum atomic E-state index is 0.386. The van der Waals surface area contributed by atoms with Gasteiger partial charge in [-0.1, -0.05) is 20.3 Å². The second-order valence-electron chi connectivity index (χ2n) is 5.82. The summed E-state index contributed by atoms with van der Waals surface area (Å²) in [6, 6.07) is 2.61. The lowest BCUT2D eigenvalue weighted by Crippen LogP contribution is -2.36. The van der Waals surface area contributed by atoms with E-state index in [9.17, 15) is 0 Å². The van der Waals surface area contributed by atoms with Crippen molar-refractivity contribution in [2.75, 3.05) is 0 Å². The molecule has 2 N–H and O–H groups in total. The Hall–Kier alpha value is -0.340. The molecule has 1 aliphatic carbocycles. The first-order valence-corrected chi connectivity index (χ1v) is 7.30. The molecule has 1 aliphatic rings. The third kappa shape index (κ3) is 2.67. The van der Waals surface area contributed by atoms with Crippen LogP contribution in [0.2, 0.25) is 0 Å². The highest BCUT2D eigenvalue weighted by molar-refractivity contribution is 7.07. The molecule has 0 spiro atoms. The molecule has 1 fully saturated rings. The largest absolute Gasteiger partial charge is 0.327 e. The fourth-order valence-corrected chi connectivity index (χ4v) is 3.82. The number of aryl methyl sites for hydroxylation is 1. The Bertz CT molecular complexity index is 315. The molecular formula is C14H23NS. The van der Waals surface area contributed by atoms with Crippen LogP contribution in [0.25, 0.3) is 0 Å². The van der Waals surface area contributed by atoms with Crippen LogP contribution in [0, 0.1) is 11.3 Å². The fourth-order valence-electron chi connectivity index (χ4n) is 3.12. The first-order chi connectivity index (χ1) is 7.59. The zero-order valence-electron chi connectivity index (χ0n) is 10.4. The zero-order chi connectivity index (χ0) is 11.6. The molecule has 2 heteroatoms. The van der Waals surface area contributed by atoms with Crippen LogP contribution in [0.15, 0.2) is 16.8 Å². The van der Waals surface area contributed by atoms with Crippen molar-refractivity contribution in [3.8, 4) is 0 Å². The fraction of sp³-hybridized carbons (Fsp3) is 0.714. The van der Waals surface area contributed by atoms with Crippen molar-refractivity contribution < 1.29 is 0 Å². The summed E-state index contributed by atoms with van der Waals surface area (Å²) in [5.41, 5.74) is 8.30. The maximum Gasteiger partial charge on any atom is 0.00754 e. The minimum absolute atomic E-state index is 0.386. The van der Waals surface area contributed by atoms with Gasteiger partial charge in [-0.05, 0) is 59.4 Å². The maximum atomic E-state index is 6.37. The van der Waals surface area contributed by atoms with E-state index >= 15 is 0 Å². The van der Waals surface area contributed by atoms with Gasteiger partial charge in [-0.25, -0.2) is 0 Å². The van der Waals surface area contributed by atoms with Crippen molar-refractivity contribution in [2.24, 2.45) is 17.1 Å². The highest BCUT2D eigenvalue weighted by Gasteiger charge is 2.37. The van der Waals surface area contributed by atoms with Gasteiger partial charge >= 0.3 is 0 Å². The van der Waals surface area contributed by atoms with Gasteiger partial charge < -0.3 is 5.73 Å². The second kappa shape index (κ2) is 4.89. The Labute approximate surface area is 103 Å². The van der Waals surface area contributed by atoms with Gasteiger partial charge in [-0.3, -0.25) is 0 Å².